The summed E-state index contributed by atoms with van der Waals surface area (Å²) < 4.78 is 5.13. The van der Waals surface area contributed by atoms with Crippen molar-refractivity contribution in [1.29, 1.82) is 0 Å². The maximum absolute atomic E-state index is 5.72. The average molecular weight is 187 g/mol. The van der Waals surface area contributed by atoms with Gasteiger partial charge in [0, 0.05) is 22.5 Å². The summed E-state index contributed by atoms with van der Waals surface area (Å²) in [7, 11) is 0. The number of hydrogen-bond donors (Lipinski definition) is 0. The normalized spacial score (nSPS) is 10.7. The van der Waals surface area contributed by atoms with E-state index in [1.165, 1.54) is 0 Å². The molecule has 0 bridgehead atoms. The zero-order chi connectivity index (χ0) is 7.84. The zero-order valence-corrected chi connectivity index (χ0v) is 6.99. The number of fused-ring (bicyclic) bond motifs is 1. The van der Waals surface area contributed by atoms with Crippen LogP contribution in [-0.2, 0) is 0 Å². The van der Waals surface area contributed by atoms with Crippen LogP contribution in [0.25, 0.3) is 11.0 Å². The molecule has 0 unspecified atom stereocenters. The summed E-state index contributed by atoms with van der Waals surface area (Å²) in [6.45, 7) is 0. The molecule has 0 amide bonds. The van der Waals surface area contributed by atoms with Gasteiger partial charge in [0.2, 0.25) is 0 Å². The summed E-state index contributed by atoms with van der Waals surface area (Å²) >= 11 is 11.4. The second-order valence-electron chi connectivity index (χ2n) is 2.23. The second kappa shape index (κ2) is 2.43. The van der Waals surface area contributed by atoms with Crippen molar-refractivity contribution >= 4 is 34.2 Å². The first kappa shape index (κ1) is 7.01. The molecule has 0 aliphatic rings. The van der Waals surface area contributed by atoms with Crippen LogP contribution in [0, 0.1) is 0 Å². The Kier molecular flexibility index (Phi) is 1.55. The van der Waals surface area contributed by atoms with E-state index in [2.05, 4.69) is 0 Å². The lowest BCUT2D eigenvalue weighted by Gasteiger charge is -1.87. The molecule has 0 radical (unpaired) electrons. The van der Waals surface area contributed by atoms with E-state index >= 15 is 0 Å². The van der Waals surface area contributed by atoms with Crippen LogP contribution in [0.2, 0.25) is 10.2 Å². The van der Waals surface area contributed by atoms with Crippen molar-refractivity contribution in [3.63, 3.8) is 0 Å². The van der Waals surface area contributed by atoms with Gasteiger partial charge in [-0.2, -0.15) is 0 Å². The second-order valence-corrected chi connectivity index (χ2v) is 3.04. The monoisotopic (exact) mass is 186 g/mol. The fourth-order valence-electron chi connectivity index (χ4n) is 0.973. The Morgan fingerprint density at radius 1 is 1.09 bits per heavy atom. The van der Waals surface area contributed by atoms with Crippen molar-refractivity contribution in [2.75, 3.05) is 0 Å². The van der Waals surface area contributed by atoms with E-state index in [-0.39, 0.29) is 0 Å². The number of halogens is 2. The molecule has 0 fully saturated rings. The van der Waals surface area contributed by atoms with Gasteiger partial charge in [-0.1, -0.05) is 11.6 Å². The molecule has 0 N–H and O–H groups in total. The Morgan fingerprint density at radius 2 is 1.91 bits per heavy atom. The highest BCUT2D eigenvalue weighted by molar-refractivity contribution is 6.32. The van der Waals surface area contributed by atoms with Crippen LogP contribution >= 0.6 is 23.2 Å². The van der Waals surface area contributed by atoms with Crippen LogP contribution < -0.4 is 0 Å². The third kappa shape index (κ3) is 1.22. The van der Waals surface area contributed by atoms with Crippen LogP contribution in [0.1, 0.15) is 0 Å². The lowest BCUT2D eigenvalue weighted by molar-refractivity contribution is 0.618. The first-order valence-electron chi connectivity index (χ1n) is 3.10. The predicted octanol–water partition coefficient (Wildman–Crippen LogP) is 3.74. The zero-order valence-electron chi connectivity index (χ0n) is 5.47. The third-order valence-electron chi connectivity index (χ3n) is 1.45. The molecule has 0 saturated carbocycles. The average Bonchev–Trinajstić information content (AvgIpc) is 2.27. The van der Waals surface area contributed by atoms with E-state index in [1.54, 1.807) is 18.2 Å². The topological polar surface area (TPSA) is 13.1 Å². The smallest absolute Gasteiger partial charge is 0.194 e. The molecule has 1 aromatic heterocycles. The molecule has 11 heavy (non-hydrogen) atoms. The van der Waals surface area contributed by atoms with Crippen LogP contribution in [0.15, 0.2) is 28.7 Å². The third-order valence-corrected chi connectivity index (χ3v) is 1.87. The summed E-state index contributed by atoms with van der Waals surface area (Å²) in [4.78, 5) is 0. The molecule has 1 aromatic carbocycles. The Bertz CT molecular complexity index is 392. The van der Waals surface area contributed by atoms with E-state index in [1.807, 2.05) is 6.07 Å². The van der Waals surface area contributed by atoms with Gasteiger partial charge in [-0.3, -0.25) is 0 Å². The van der Waals surface area contributed by atoms with Gasteiger partial charge in [-0.05, 0) is 23.7 Å². The van der Waals surface area contributed by atoms with Crippen molar-refractivity contribution in [3.05, 3.63) is 34.5 Å². The van der Waals surface area contributed by atoms with Gasteiger partial charge in [0.15, 0.2) is 5.22 Å². The van der Waals surface area contributed by atoms with E-state index in [4.69, 9.17) is 27.6 Å². The molecule has 0 aliphatic carbocycles. The molecule has 3 heteroatoms. The number of hydrogen-bond acceptors (Lipinski definition) is 1. The maximum Gasteiger partial charge on any atom is 0.194 e. The summed E-state index contributed by atoms with van der Waals surface area (Å²) in [6.07, 6.45) is 0. The fourth-order valence-corrected chi connectivity index (χ4v) is 1.34. The van der Waals surface area contributed by atoms with E-state index in [9.17, 15) is 0 Å². The molecular formula is C8H4Cl2O. The lowest BCUT2D eigenvalue weighted by Crippen LogP contribution is -1.62. The van der Waals surface area contributed by atoms with Gasteiger partial charge in [0.1, 0.15) is 5.58 Å². The van der Waals surface area contributed by atoms with Crippen molar-refractivity contribution in [3.8, 4) is 0 Å². The van der Waals surface area contributed by atoms with E-state index in [0.29, 0.717) is 10.2 Å². The lowest BCUT2D eigenvalue weighted by atomic mass is 10.3. The first-order valence-corrected chi connectivity index (χ1v) is 3.86. The largest absolute Gasteiger partial charge is 0.445 e. The number of furan rings is 1. The highest BCUT2D eigenvalue weighted by Gasteiger charge is 2.00. The quantitative estimate of drug-likeness (QED) is 0.612. The Balaban J connectivity index is 2.82. The minimum Gasteiger partial charge on any atom is -0.445 e. The highest BCUT2D eigenvalue weighted by atomic mass is 35.5. The van der Waals surface area contributed by atoms with Crippen LogP contribution in [0.5, 0.6) is 0 Å². The van der Waals surface area contributed by atoms with Gasteiger partial charge in [-0.15, -0.1) is 0 Å². The molecule has 0 atom stereocenters. The molecule has 0 saturated heterocycles. The fraction of sp³-hybridized carbons (Fsp3) is 0. The molecular weight excluding hydrogens is 183 g/mol. The summed E-state index contributed by atoms with van der Waals surface area (Å²) in [6, 6.07) is 7.17. The van der Waals surface area contributed by atoms with Gasteiger partial charge >= 0.3 is 0 Å². The SMILES string of the molecule is Clc1ccc2cc(Cl)oc2c1. The number of benzene rings is 1. The molecule has 56 valence electrons. The molecule has 0 spiro atoms. The highest BCUT2D eigenvalue weighted by Crippen LogP contribution is 2.25. The Labute approximate surface area is 73.5 Å². The summed E-state index contributed by atoms with van der Waals surface area (Å²) in [5.74, 6) is 0. The van der Waals surface area contributed by atoms with E-state index < -0.39 is 0 Å². The maximum atomic E-state index is 5.72. The van der Waals surface area contributed by atoms with Crippen molar-refractivity contribution < 1.29 is 4.42 Å². The first-order chi connectivity index (χ1) is 5.25. The van der Waals surface area contributed by atoms with E-state index in [0.717, 1.165) is 11.0 Å². The van der Waals surface area contributed by atoms with Gasteiger partial charge < -0.3 is 4.42 Å². The van der Waals surface area contributed by atoms with Crippen LogP contribution in [0.3, 0.4) is 0 Å². The van der Waals surface area contributed by atoms with Crippen molar-refractivity contribution in [1.82, 2.24) is 0 Å². The summed E-state index contributed by atoms with van der Waals surface area (Å²) in [5, 5.41) is 2.02. The van der Waals surface area contributed by atoms with Crippen LogP contribution in [-0.4, -0.2) is 0 Å². The molecule has 2 rings (SSSR count). The van der Waals surface area contributed by atoms with Crippen molar-refractivity contribution in [2.24, 2.45) is 0 Å². The molecule has 1 heterocycles. The van der Waals surface area contributed by atoms with Gasteiger partial charge in [0.25, 0.3) is 0 Å². The molecule has 0 aliphatic heterocycles. The summed E-state index contributed by atoms with van der Waals surface area (Å²) in [5.41, 5.74) is 0.725. The molecule has 2 aromatic rings. The van der Waals surface area contributed by atoms with Crippen LogP contribution in [0.4, 0.5) is 0 Å². The minimum atomic E-state index is 0.391. The predicted molar refractivity (Wildman–Crippen MR) is 46.2 cm³/mol. The minimum absolute atomic E-state index is 0.391. The Hall–Kier alpha value is -0.660. The van der Waals surface area contributed by atoms with Crippen molar-refractivity contribution in [2.45, 2.75) is 0 Å². The number of rotatable bonds is 0. The molecule has 1 nitrogen and oxygen atoms in total. The standard InChI is InChI=1S/C8H4Cl2O/c9-6-2-1-5-3-8(10)11-7(5)4-6/h1-4H. The van der Waals surface area contributed by atoms with Gasteiger partial charge in [0.05, 0.1) is 0 Å². The van der Waals surface area contributed by atoms with Gasteiger partial charge in [-0.25, -0.2) is 0 Å². The Morgan fingerprint density at radius 3 is 2.73 bits per heavy atom.